The fourth-order valence-corrected chi connectivity index (χ4v) is 2.74. The molecule has 1 nitrogen and oxygen atoms in total. The van der Waals surface area contributed by atoms with Crippen molar-refractivity contribution in [2.75, 3.05) is 0 Å². The summed E-state index contributed by atoms with van der Waals surface area (Å²) in [6.45, 7) is 1.95. The molecule has 0 aliphatic heterocycles. The number of benzene rings is 1. The van der Waals surface area contributed by atoms with E-state index >= 15 is 0 Å². The molecular formula is C13H13F2NS. The van der Waals surface area contributed by atoms with Crippen LogP contribution in [0.4, 0.5) is 8.78 Å². The maximum absolute atomic E-state index is 13.5. The maximum Gasteiger partial charge on any atom is 0.129 e. The summed E-state index contributed by atoms with van der Waals surface area (Å²) in [7, 11) is 0. The van der Waals surface area contributed by atoms with Crippen molar-refractivity contribution in [1.82, 2.24) is 0 Å². The summed E-state index contributed by atoms with van der Waals surface area (Å²) in [5, 5.41) is 1.93. The Hall–Kier alpha value is -1.26. The maximum atomic E-state index is 13.5. The van der Waals surface area contributed by atoms with Crippen LogP contribution < -0.4 is 5.73 Å². The quantitative estimate of drug-likeness (QED) is 0.889. The monoisotopic (exact) mass is 253 g/mol. The molecule has 2 rings (SSSR count). The summed E-state index contributed by atoms with van der Waals surface area (Å²) in [4.78, 5) is 0.979. The van der Waals surface area contributed by atoms with Crippen molar-refractivity contribution in [2.24, 2.45) is 5.73 Å². The molecule has 0 saturated heterocycles. The minimum Gasteiger partial charge on any atom is -0.323 e. The molecule has 1 aromatic carbocycles. The summed E-state index contributed by atoms with van der Waals surface area (Å²) in [5.41, 5.74) is 7.12. The van der Waals surface area contributed by atoms with E-state index in [2.05, 4.69) is 0 Å². The number of hydrogen-bond acceptors (Lipinski definition) is 2. The largest absolute Gasteiger partial charge is 0.323 e. The van der Waals surface area contributed by atoms with Crippen molar-refractivity contribution in [2.45, 2.75) is 19.4 Å². The second kappa shape index (κ2) is 4.94. The highest BCUT2D eigenvalue weighted by Gasteiger charge is 2.16. The molecule has 2 aromatic rings. The molecule has 4 heteroatoms. The number of rotatable bonds is 3. The number of nitrogens with two attached hydrogens (primary N) is 1. The Bertz CT molecular complexity index is 502. The van der Waals surface area contributed by atoms with Crippen LogP contribution in [-0.2, 0) is 6.42 Å². The van der Waals surface area contributed by atoms with Gasteiger partial charge in [-0.3, -0.25) is 0 Å². The first-order valence-electron chi connectivity index (χ1n) is 5.32. The summed E-state index contributed by atoms with van der Waals surface area (Å²) >= 11 is 1.52. The van der Waals surface area contributed by atoms with Gasteiger partial charge in [-0.15, -0.1) is 11.3 Å². The number of aryl methyl sites for hydroxylation is 1. The highest BCUT2D eigenvalue weighted by atomic mass is 32.1. The highest BCUT2D eigenvalue weighted by Crippen LogP contribution is 2.26. The molecule has 0 saturated carbocycles. The zero-order valence-corrected chi connectivity index (χ0v) is 10.2. The van der Waals surface area contributed by atoms with Gasteiger partial charge in [0, 0.05) is 16.5 Å². The van der Waals surface area contributed by atoms with Crippen molar-refractivity contribution in [3.8, 4) is 0 Å². The van der Waals surface area contributed by atoms with Crippen LogP contribution in [0.2, 0.25) is 0 Å². The fourth-order valence-electron chi connectivity index (χ4n) is 1.80. The second-order valence-corrected chi connectivity index (χ2v) is 4.93. The van der Waals surface area contributed by atoms with Crippen molar-refractivity contribution in [1.29, 1.82) is 0 Å². The highest BCUT2D eigenvalue weighted by molar-refractivity contribution is 7.10. The van der Waals surface area contributed by atoms with E-state index in [0.717, 1.165) is 10.4 Å². The molecule has 0 fully saturated rings. The minimum absolute atomic E-state index is 0.0628. The zero-order chi connectivity index (χ0) is 12.4. The van der Waals surface area contributed by atoms with E-state index in [1.165, 1.54) is 29.5 Å². The molecule has 0 aliphatic carbocycles. The van der Waals surface area contributed by atoms with Crippen LogP contribution in [0.1, 0.15) is 22.0 Å². The average Bonchev–Trinajstić information content (AvgIpc) is 2.70. The van der Waals surface area contributed by atoms with Crippen LogP contribution in [0.3, 0.4) is 0 Å². The van der Waals surface area contributed by atoms with Crippen molar-refractivity contribution >= 4 is 11.3 Å². The third-order valence-corrected chi connectivity index (χ3v) is 3.88. The summed E-state index contributed by atoms with van der Waals surface area (Å²) in [5.74, 6) is -1.07. The van der Waals surface area contributed by atoms with E-state index in [-0.39, 0.29) is 18.0 Å². The van der Waals surface area contributed by atoms with Gasteiger partial charge in [-0.1, -0.05) is 6.07 Å². The number of halogens is 2. The Morgan fingerprint density at radius 3 is 2.41 bits per heavy atom. The minimum atomic E-state index is -0.533. The Morgan fingerprint density at radius 1 is 1.24 bits per heavy atom. The van der Waals surface area contributed by atoms with E-state index in [4.69, 9.17) is 5.73 Å². The first kappa shape index (κ1) is 12.2. The van der Waals surface area contributed by atoms with E-state index in [9.17, 15) is 8.78 Å². The summed E-state index contributed by atoms with van der Waals surface area (Å²) < 4.78 is 26.9. The molecule has 1 heterocycles. The van der Waals surface area contributed by atoms with Gasteiger partial charge in [0.2, 0.25) is 0 Å². The normalized spacial score (nSPS) is 12.7. The van der Waals surface area contributed by atoms with Gasteiger partial charge >= 0.3 is 0 Å². The van der Waals surface area contributed by atoms with Gasteiger partial charge in [-0.05, 0) is 42.5 Å². The lowest BCUT2D eigenvalue weighted by molar-refractivity contribution is 0.541. The van der Waals surface area contributed by atoms with Crippen molar-refractivity contribution in [3.05, 3.63) is 57.3 Å². The van der Waals surface area contributed by atoms with Gasteiger partial charge in [-0.25, -0.2) is 8.78 Å². The van der Waals surface area contributed by atoms with Gasteiger partial charge in [0.15, 0.2) is 0 Å². The van der Waals surface area contributed by atoms with Crippen LogP contribution in [0.15, 0.2) is 29.6 Å². The molecule has 0 bridgehead atoms. The van der Waals surface area contributed by atoms with Crippen LogP contribution >= 0.6 is 11.3 Å². The predicted molar refractivity (Wildman–Crippen MR) is 66.0 cm³/mol. The van der Waals surface area contributed by atoms with Crippen molar-refractivity contribution < 1.29 is 8.78 Å². The third kappa shape index (κ3) is 2.53. The predicted octanol–water partition coefficient (Wildman–Crippen LogP) is 3.58. The number of hydrogen-bond donors (Lipinski definition) is 1. The Balaban J connectivity index is 2.25. The smallest absolute Gasteiger partial charge is 0.129 e. The Labute approximate surface area is 103 Å². The van der Waals surface area contributed by atoms with Gasteiger partial charge in [0.25, 0.3) is 0 Å². The van der Waals surface area contributed by atoms with Crippen LogP contribution in [-0.4, -0.2) is 0 Å². The van der Waals surface area contributed by atoms with E-state index in [1.54, 1.807) is 0 Å². The van der Waals surface area contributed by atoms with Crippen molar-refractivity contribution in [3.63, 3.8) is 0 Å². The standard InChI is InChI=1S/C13H13F2NS/c1-8-5-6-17-13(8)12(16)7-9-10(14)3-2-4-11(9)15/h2-6,12H,7,16H2,1H3. The molecule has 90 valence electrons. The summed E-state index contributed by atoms with van der Waals surface area (Å²) in [6.07, 6.45) is 0.180. The van der Waals surface area contributed by atoms with E-state index < -0.39 is 11.6 Å². The zero-order valence-electron chi connectivity index (χ0n) is 9.41. The molecule has 0 spiro atoms. The lowest BCUT2D eigenvalue weighted by Crippen LogP contribution is -2.14. The van der Waals surface area contributed by atoms with Gasteiger partial charge in [-0.2, -0.15) is 0 Å². The first-order valence-corrected chi connectivity index (χ1v) is 6.20. The molecule has 0 amide bonds. The first-order chi connectivity index (χ1) is 8.09. The summed E-state index contributed by atoms with van der Waals surface area (Å²) in [6, 6.07) is 5.47. The molecule has 1 aromatic heterocycles. The molecule has 0 radical (unpaired) electrons. The van der Waals surface area contributed by atoms with Crippen LogP contribution in [0.25, 0.3) is 0 Å². The lowest BCUT2D eigenvalue weighted by Gasteiger charge is -2.12. The molecule has 17 heavy (non-hydrogen) atoms. The molecule has 2 N–H and O–H groups in total. The lowest BCUT2D eigenvalue weighted by atomic mass is 10.0. The van der Waals surface area contributed by atoms with E-state index in [0.29, 0.717) is 0 Å². The fraction of sp³-hybridized carbons (Fsp3) is 0.231. The molecule has 1 unspecified atom stereocenters. The molecule has 1 atom stereocenters. The van der Waals surface area contributed by atoms with Gasteiger partial charge in [0.1, 0.15) is 11.6 Å². The topological polar surface area (TPSA) is 26.0 Å². The molecule has 0 aliphatic rings. The van der Waals surface area contributed by atoms with E-state index in [1.807, 2.05) is 18.4 Å². The SMILES string of the molecule is Cc1ccsc1C(N)Cc1c(F)cccc1F. The van der Waals surface area contributed by atoms with Crippen LogP contribution in [0, 0.1) is 18.6 Å². The average molecular weight is 253 g/mol. The molecular weight excluding hydrogens is 240 g/mol. The van der Waals surface area contributed by atoms with Crippen LogP contribution in [0.5, 0.6) is 0 Å². The Kier molecular flexibility index (Phi) is 3.54. The van der Waals surface area contributed by atoms with Gasteiger partial charge < -0.3 is 5.73 Å². The third-order valence-electron chi connectivity index (χ3n) is 2.72. The second-order valence-electron chi connectivity index (χ2n) is 3.98. The Morgan fingerprint density at radius 2 is 1.88 bits per heavy atom. The van der Waals surface area contributed by atoms with Gasteiger partial charge in [0.05, 0.1) is 0 Å². The number of thiophene rings is 1.